The normalized spacial score (nSPS) is 17.9. The summed E-state index contributed by atoms with van der Waals surface area (Å²) in [7, 11) is 0. The summed E-state index contributed by atoms with van der Waals surface area (Å²) < 4.78 is 6.11. The molecule has 2 aliphatic rings. The molecule has 2 aromatic rings. The molecule has 0 unspecified atom stereocenters. The van der Waals surface area contributed by atoms with Gasteiger partial charge in [-0.1, -0.05) is 12.1 Å². The van der Waals surface area contributed by atoms with Crippen LogP contribution >= 0.6 is 15.9 Å². The van der Waals surface area contributed by atoms with Gasteiger partial charge in [-0.05, 0) is 65.0 Å². The first-order valence-corrected chi connectivity index (χ1v) is 11.1. The Balaban J connectivity index is 1.58. The van der Waals surface area contributed by atoms with Crippen LogP contribution in [-0.4, -0.2) is 55.2 Å². The Bertz CT molecular complexity index is 848. The van der Waals surface area contributed by atoms with Crippen molar-refractivity contribution in [2.45, 2.75) is 25.8 Å². The van der Waals surface area contributed by atoms with Crippen molar-refractivity contribution in [2.24, 2.45) is 0 Å². The van der Waals surface area contributed by atoms with E-state index in [1.54, 1.807) is 6.07 Å². The lowest BCUT2D eigenvalue weighted by molar-refractivity contribution is 0.0342. The number of rotatable bonds is 5. The third-order valence-corrected chi connectivity index (χ3v) is 5.91. The van der Waals surface area contributed by atoms with Crippen LogP contribution in [0.3, 0.4) is 0 Å². The van der Waals surface area contributed by atoms with Gasteiger partial charge in [0.05, 0.1) is 24.6 Å². The molecule has 2 fully saturated rings. The minimum Gasteiger partial charge on any atom is -0.379 e. The maximum absolute atomic E-state index is 12.9. The zero-order valence-corrected chi connectivity index (χ0v) is 18.2. The maximum Gasteiger partial charge on any atom is 0.274 e. The van der Waals surface area contributed by atoms with E-state index in [0.717, 1.165) is 57.3 Å². The van der Waals surface area contributed by atoms with Gasteiger partial charge in [0.1, 0.15) is 10.3 Å². The quantitative estimate of drug-likeness (QED) is 0.688. The highest BCUT2D eigenvalue weighted by molar-refractivity contribution is 9.10. The summed E-state index contributed by atoms with van der Waals surface area (Å²) in [6.45, 7) is 6.37. The molecule has 6 nitrogen and oxygen atoms in total. The van der Waals surface area contributed by atoms with E-state index < -0.39 is 0 Å². The second kappa shape index (κ2) is 9.69. The average molecular weight is 459 g/mol. The largest absolute Gasteiger partial charge is 0.379 e. The van der Waals surface area contributed by atoms with Gasteiger partial charge in [0.15, 0.2) is 0 Å². The van der Waals surface area contributed by atoms with E-state index in [1.165, 1.54) is 24.8 Å². The van der Waals surface area contributed by atoms with Gasteiger partial charge < -0.3 is 15.0 Å². The van der Waals surface area contributed by atoms with Crippen molar-refractivity contribution in [1.29, 1.82) is 0 Å². The van der Waals surface area contributed by atoms with Crippen molar-refractivity contribution in [3.05, 3.63) is 52.3 Å². The number of hydrogen-bond donors (Lipinski definition) is 1. The van der Waals surface area contributed by atoms with E-state index in [-0.39, 0.29) is 5.91 Å². The van der Waals surface area contributed by atoms with Crippen LogP contribution in [0.5, 0.6) is 0 Å². The molecule has 0 atom stereocenters. The smallest absolute Gasteiger partial charge is 0.274 e. The van der Waals surface area contributed by atoms with Crippen LogP contribution in [0.1, 0.15) is 35.3 Å². The third-order valence-electron chi connectivity index (χ3n) is 5.46. The highest BCUT2D eigenvalue weighted by Crippen LogP contribution is 2.30. The second-order valence-corrected chi connectivity index (χ2v) is 8.40. The van der Waals surface area contributed by atoms with Gasteiger partial charge >= 0.3 is 0 Å². The van der Waals surface area contributed by atoms with Crippen molar-refractivity contribution in [3.8, 4) is 0 Å². The van der Waals surface area contributed by atoms with Gasteiger partial charge in [0.25, 0.3) is 5.91 Å². The first-order chi connectivity index (χ1) is 14.2. The molecular formula is C22H27BrN4O2. The minimum atomic E-state index is -0.187. The summed E-state index contributed by atoms with van der Waals surface area (Å²) >= 11 is 3.34. The maximum atomic E-state index is 12.9. The van der Waals surface area contributed by atoms with E-state index in [1.807, 2.05) is 12.1 Å². The van der Waals surface area contributed by atoms with Gasteiger partial charge in [0.2, 0.25) is 0 Å². The molecule has 0 aliphatic carbocycles. The minimum absolute atomic E-state index is 0.187. The standard InChI is InChI=1S/C22H27BrN4O2/c23-21-6-4-5-18(24-21)22(28)25-19-15-17(16-26-11-13-29-14-12-26)7-8-20(19)27-9-2-1-3-10-27/h4-8,15H,1-3,9-14,16H2,(H,25,28). The number of halogens is 1. The van der Waals surface area contributed by atoms with Crippen LogP contribution in [0.4, 0.5) is 11.4 Å². The summed E-state index contributed by atoms with van der Waals surface area (Å²) in [6, 6.07) is 11.8. The van der Waals surface area contributed by atoms with Crippen LogP contribution in [0.15, 0.2) is 41.0 Å². The Hall–Kier alpha value is -1.96. The van der Waals surface area contributed by atoms with Crippen LogP contribution in [0.25, 0.3) is 0 Å². The lowest BCUT2D eigenvalue weighted by Gasteiger charge is -2.31. The Labute approximate surface area is 180 Å². The highest BCUT2D eigenvalue weighted by Gasteiger charge is 2.19. The fourth-order valence-electron chi connectivity index (χ4n) is 3.93. The molecule has 0 bridgehead atoms. The molecule has 7 heteroatoms. The van der Waals surface area contributed by atoms with Crippen LogP contribution in [-0.2, 0) is 11.3 Å². The molecule has 154 valence electrons. The summed E-state index contributed by atoms with van der Waals surface area (Å²) in [5.41, 5.74) is 3.57. The number of anilines is 2. The number of pyridine rings is 1. The van der Waals surface area contributed by atoms with Gasteiger partial charge in [-0.2, -0.15) is 0 Å². The number of amides is 1. The number of nitrogens with one attached hydrogen (secondary N) is 1. The molecule has 1 aromatic heterocycles. The zero-order valence-electron chi connectivity index (χ0n) is 16.6. The van der Waals surface area contributed by atoms with Crippen molar-refractivity contribution in [2.75, 3.05) is 49.6 Å². The van der Waals surface area contributed by atoms with E-state index in [0.29, 0.717) is 10.3 Å². The van der Waals surface area contributed by atoms with E-state index in [9.17, 15) is 4.79 Å². The summed E-state index contributed by atoms with van der Waals surface area (Å²) in [4.78, 5) is 21.9. The van der Waals surface area contributed by atoms with Gasteiger partial charge in [-0.15, -0.1) is 0 Å². The number of aromatic nitrogens is 1. The molecule has 29 heavy (non-hydrogen) atoms. The van der Waals surface area contributed by atoms with Gasteiger partial charge in [0, 0.05) is 32.7 Å². The molecule has 1 N–H and O–H groups in total. The molecule has 0 saturated carbocycles. The van der Waals surface area contributed by atoms with Crippen LogP contribution in [0, 0.1) is 0 Å². The monoisotopic (exact) mass is 458 g/mol. The number of ether oxygens (including phenoxy) is 1. The number of benzene rings is 1. The predicted molar refractivity (Wildman–Crippen MR) is 118 cm³/mol. The SMILES string of the molecule is O=C(Nc1cc(CN2CCOCC2)ccc1N1CCCCC1)c1cccc(Br)n1. The molecule has 4 rings (SSSR count). The number of hydrogen-bond acceptors (Lipinski definition) is 5. The molecule has 0 spiro atoms. The summed E-state index contributed by atoms with van der Waals surface area (Å²) in [6.07, 6.45) is 3.65. The topological polar surface area (TPSA) is 57.7 Å². The van der Waals surface area contributed by atoms with E-state index in [4.69, 9.17) is 4.74 Å². The fourth-order valence-corrected chi connectivity index (χ4v) is 4.27. The second-order valence-electron chi connectivity index (χ2n) is 7.59. The Morgan fingerprint density at radius 1 is 1.07 bits per heavy atom. The average Bonchev–Trinajstić information content (AvgIpc) is 2.75. The molecule has 2 saturated heterocycles. The summed E-state index contributed by atoms with van der Waals surface area (Å²) in [5.74, 6) is -0.187. The molecule has 1 aromatic carbocycles. The molecule has 1 amide bonds. The first-order valence-electron chi connectivity index (χ1n) is 10.3. The van der Waals surface area contributed by atoms with E-state index >= 15 is 0 Å². The molecular weight excluding hydrogens is 432 g/mol. The Morgan fingerprint density at radius 2 is 1.86 bits per heavy atom. The number of morpholine rings is 1. The number of carbonyl (C=O) groups is 1. The van der Waals surface area contributed by atoms with Gasteiger partial charge in [-0.3, -0.25) is 9.69 Å². The lowest BCUT2D eigenvalue weighted by Crippen LogP contribution is -2.35. The Kier molecular flexibility index (Phi) is 6.79. The van der Waals surface area contributed by atoms with Crippen molar-refractivity contribution < 1.29 is 9.53 Å². The highest BCUT2D eigenvalue weighted by atomic mass is 79.9. The summed E-state index contributed by atoms with van der Waals surface area (Å²) in [5, 5.41) is 3.12. The number of piperidine rings is 1. The van der Waals surface area contributed by atoms with Crippen LogP contribution < -0.4 is 10.2 Å². The first kappa shape index (κ1) is 20.3. The third kappa shape index (κ3) is 5.35. The number of nitrogens with zero attached hydrogens (tertiary/aromatic N) is 3. The Morgan fingerprint density at radius 3 is 2.62 bits per heavy atom. The predicted octanol–water partition coefficient (Wildman–Crippen LogP) is 3.92. The molecule has 3 heterocycles. The van der Waals surface area contributed by atoms with E-state index in [2.05, 4.69) is 54.2 Å². The molecule has 2 aliphatic heterocycles. The molecule has 0 radical (unpaired) electrons. The lowest BCUT2D eigenvalue weighted by atomic mass is 10.1. The van der Waals surface area contributed by atoms with Gasteiger partial charge in [-0.25, -0.2) is 4.98 Å². The van der Waals surface area contributed by atoms with Crippen molar-refractivity contribution in [3.63, 3.8) is 0 Å². The van der Waals surface area contributed by atoms with Crippen molar-refractivity contribution in [1.82, 2.24) is 9.88 Å². The van der Waals surface area contributed by atoms with Crippen LogP contribution in [0.2, 0.25) is 0 Å². The fraction of sp³-hybridized carbons (Fsp3) is 0.455. The van der Waals surface area contributed by atoms with Crippen molar-refractivity contribution >= 4 is 33.2 Å². The zero-order chi connectivity index (χ0) is 20.1. The number of carbonyl (C=O) groups excluding carboxylic acids is 1.